The summed E-state index contributed by atoms with van der Waals surface area (Å²) < 4.78 is 1.09. The van der Waals surface area contributed by atoms with Gasteiger partial charge in [-0.25, -0.2) is 0 Å². The Balaban J connectivity index is 1.58. The molecule has 0 saturated carbocycles. The van der Waals surface area contributed by atoms with Crippen LogP contribution in [0.3, 0.4) is 0 Å². The predicted octanol–water partition coefficient (Wildman–Crippen LogP) is 8.17. The minimum Gasteiger partial charge on any atom is -0.508 e. The minimum absolute atomic E-state index is 0.299. The van der Waals surface area contributed by atoms with E-state index in [4.69, 9.17) is 0 Å². The molecule has 0 amide bonds. The summed E-state index contributed by atoms with van der Waals surface area (Å²) in [5.41, 5.74) is 7.09. The molecule has 1 aliphatic heterocycles. The maximum absolute atomic E-state index is 10.1. The number of hydrogen-bond donors (Lipinski definition) is 1. The van der Waals surface area contributed by atoms with Crippen molar-refractivity contribution in [3.05, 3.63) is 107 Å². The number of allylic oxidation sites excluding steroid dienone is 6. The van der Waals surface area contributed by atoms with E-state index in [1.165, 1.54) is 46.5 Å². The predicted molar refractivity (Wildman–Crippen MR) is 153 cm³/mol. The zero-order valence-corrected chi connectivity index (χ0v) is 22.1. The standard InChI is InChI=1S/C32H37NOS/c1-6-27(12-7-22(2)3)24(5)32-30(29-14-13-28(34)20-31(29)35-32)19-26-10-8-25(9-11-26)16-18-33-17-15-23(4)21-33/h6-14,20,23,34H,2,5,15-19,21H2,1,3-4H3/b12-7-,27-6+. The first kappa shape index (κ1) is 25.2. The van der Waals surface area contributed by atoms with Gasteiger partial charge in [-0.15, -0.1) is 11.3 Å². The van der Waals surface area contributed by atoms with Gasteiger partial charge in [0, 0.05) is 22.7 Å². The highest BCUT2D eigenvalue weighted by Gasteiger charge is 2.19. The molecular weight excluding hydrogens is 446 g/mol. The van der Waals surface area contributed by atoms with Gasteiger partial charge in [0.25, 0.3) is 0 Å². The summed E-state index contributed by atoms with van der Waals surface area (Å²) in [6.07, 6.45) is 9.49. The molecule has 182 valence electrons. The molecule has 0 bridgehead atoms. The fourth-order valence-corrected chi connectivity index (χ4v) is 6.08. The van der Waals surface area contributed by atoms with Crippen LogP contribution in [0.15, 0.2) is 85.0 Å². The number of thiophene rings is 1. The molecule has 2 heterocycles. The molecule has 35 heavy (non-hydrogen) atoms. The highest BCUT2D eigenvalue weighted by Crippen LogP contribution is 2.40. The highest BCUT2D eigenvalue weighted by atomic mass is 32.1. The molecule has 0 spiro atoms. The molecule has 1 aliphatic rings. The van der Waals surface area contributed by atoms with Crippen molar-refractivity contribution in [3.8, 4) is 5.75 Å². The maximum atomic E-state index is 10.1. The molecule has 1 fully saturated rings. The van der Waals surface area contributed by atoms with E-state index in [1.54, 1.807) is 17.4 Å². The van der Waals surface area contributed by atoms with Crippen LogP contribution in [0.1, 0.15) is 48.8 Å². The van der Waals surface area contributed by atoms with Gasteiger partial charge < -0.3 is 10.0 Å². The van der Waals surface area contributed by atoms with Gasteiger partial charge in [-0.05, 0) is 97.0 Å². The second-order valence-corrected chi connectivity index (χ2v) is 11.0. The quantitative estimate of drug-likeness (QED) is 0.310. The fourth-order valence-electron chi connectivity index (χ4n) is 4.84. The number of phenolic OH excluding ortho intramolecular Hbond substituents is 1. The molecule has 1 N–H and O–H groups in total. The molecule has 3 aromatic rings. The lowest BCUT2D eigenvalue weighted by molar-refractivity contribution is 0.332. The molecule has 0 aliphatic carbocycles. The SMILES string of the molecule is C=C(C)/C=C\C(=C/C)C(=C)c1sc2cc(O)ccc2c1Cc1ccc(CCN2CCC(C)C2)cc1. The van der Waals surface area contributed by atoms with Gasteiger partial charge in [-0.3, -0.25) is 0 Å². The van der Waals surface area contributed by atoms with Gasteiger partial charge in [-0.1, -0.05) is 68.1 Å². The molecule has 2 aromatic carbocycles. The summed E-state index contributed by atoms with van der Waals surface area (Å²) in [5, 5.41) is 11.3. The zero-order valence-electron chi connectivity index (χ0n) is 21.3. The normalized spacial score (nSPS) is 17.0. The van der Waals surface area contributed by atoms with Gasteiger partial charge in [0.2, 0.25) is 0 Å². The van der Waals surface area contributed by atoms with Crippen LogP contribution in [0.5, 0.6) is 5.75 Å². The number of hydrogen-bond acceptors (Lipinski definition) is 3. The van der Waals surface area contributed by atoms with Gasteiger partial charge >= 0.3 is 0 Å². The molecule has 1 unspecified atom stereocenters. The number of nitrogens with zero attached hydrogens (tertiary/aromatic N) is 1. The first-order valence-electron chi connectivity index (χ1n) is 12.6. The number of fused-ring (bicyclic) bond motifs is 1. The van der Waals surface area contributed by atoms with E-state index in [0.29, 0.717) is 5.75 Å². The molecule has 1 saturated heterocycles. The third-order valence-electron chi connectivity index (χ3n) is 6.89. The Morgan fingerprint density at radius 1 is 1.11 bits per heavy atom. The Bertz CT molecular complexity index is 1270. The van der Waals surface area contributed by atoms with Crippen molar-refractivity contribution < 1.29 is 5.11 Å². The summed E-state index contributed by atoms with van der Waals surface area (Å²) in [6, 6.07) is 14.8. The molecule has 2 nitrogen and oxygen atoms in total. The van der Waals surface area contributed by atoms with Crippen LogP contribution in [0, 0.1) is 5.92 Å². The van der Waals surface area contributed by atoms with Crippen LogP contribution in [0.4, 0.5) is 0 Å². The molecule has 4 rings (SSSR count). The third-order valence-corrected chi connectivity index (χ3v) is 8.14. The van der Waals surface area contributed by atoms with Gasteiger partial charge in [0.1, 0.15) is 5.75 Å². The van der Waals surface area contributed by atoms with Crippen molar-refractivity contribution in [1.82, 2.24) is 4.90 Å². The van der Waals surface area contributed by atoms with E-state index >= 15 is 0 Å². The number of benzene rings is 2. The first-order valence-corrected chi connectivity index (χ1v) is 13.4. The van der Waals surface area contributed by atoms with Crippen LogP contribution < -0.4 is 0 Å². The van der Waals surface area contributed by atoms with E-state index in [2.05, 4.69) is 61.4 Å². The molecule has 1 aromatic heterocycles. The Labute approximate surface area is 214 Å². The Morgan fingerprint density at radius 3 is 2.51 bits per heavy atom. The third kappa shape index (κ3) is 6.22. The monoisotopic (exact) mass is 483 g/mol. The van der Waals surface area contributed by atoms with E-state index in [-0.39, 0.29) is 0 Å². The van der Waals surface area contributed by atoms with Gasteiger partial charge in [0.05, 0.1) is 0 Å². The molecule has 0 radical (unpaired) electrons. The first-order chi connectivity index (χ1) is 16.8. The molecule has 3 heteroatoms. The zero-order chi connectivity index (χ0) is 24.9. The van der Waals surface area contributed by atoms with Gasteiger partial charge in [0.15, 0.2) is 0 Å². The maximum Gasteiger partial charge on any atom is 0.117 e. The fraction of sp³-hybridized carbons (Fsp3) is 0.312. The Kier molecular flexibility index (Phi) is 8.10. The summed E-state index contributed by atoms with van der Waals surface area (Å²) in [5.74, 6) is 1.13. The van der Waals surface area contributed by atoms with Crippen molar-refractivity contribution in [2.24, 2.45) is 5.92 Å². The van der Waals surface area contributed by atoms with Crippen LogP contribution in [0.2, 0.25) is 0 Å². The van der Waals surface area contributed by atoms with E-state index in [9.17, 15) is 5.11 Å². The largest absolute Gasteiger partial charge is 0.508 e. The van der Waals surface area contributed by atoms with Crippen molar-refractivity contribution in [2.75, 3.05) is 19.6 Å². The van der Waals surface area contributed by atoms with Crippen molar-refractivity contribution in [1.29, 1.82) is 0 Å². The number of phenols is 1. The van der Waals surface area contributed by atoms with E-state index < -0.39 is 0 Å². The summed E-state index contributed by atoms with van der Waals surface area (Å²) in [7, 11) is 0. The number of rotatable bonds is 9. The summed E-state index contributed by atoms with van der Waals surface area (Å²) >= 11 is 1.71. The van der Waals surface area contributed by atoms with Crippen molar-refractivity contribution in [3.63, 3.8) is 0 Å². The van der Waals surface area contributed by atoms with Crippen molar-refractivity contribution >= 4 is 27.0 Å². The van der Waals surface area contributed by atoms with Crippen LogP contribution >= 0.6 is 11.3 Å². The average Bonchev–Trinajstić information content (AvgIpc) is 3.41. The molecular formula is C32H37NOS. The summed E-state index contributed by atoms with van der Waals surface area (Å²) in [6.45, 7) is 18.5. The lowest BCUT2D eigenvalue weighted by Gasteiger charge is -2.15. The lowest BCUT2D eigenvalue weighted by atomic mass is 9.95. The van der Waals surface area contributed by atoms with Crippen LogP contribution in [-0.4, -0.2) is 29.6 Å². The van der Waals surface area contributed by atoms with E-state index in [0.717, 1.165) is 46.7 Å². The second kappa shape index (κ2) is 11.2. The Hall–Kier alpha value is -2.88. The van der Waals surface area contributed by atoms with Crippen LogP contribution in [0.25, 0.3) is 15.7 Å². The second-order valence-electron chi connectivity index (χ2n) is 9.93. The number of aromatic hydroxyl groups is 1. The van der Waals surface area contributed by atoms with Crippen molar-refractivity contribution in [2.45, 2.75) is 40.0 Å². The summed E-state index contributed by atoms with van der Waals surface area (Å²) in [4.78, 5) is 3.77. The average molecular weight is 484 g/mol. The molecule has 1 atom stereocenters. The smallest absolute Gasteiger partial charge is 0.117 e. The van der Waals surface area contributed by atoms with E-state index in [1.807, 2.05) is 32.1 Å². The van der Waals surface area contributed by atoms with Crippen LogP contribution in [-0.2, 0) is 12.8 Å². The Morgan fingerprint density at radius 2 is 1.86 bits per heavy atom. The number of likely N-dealkylation sites (tertiary alicyclic amines) is 1. The lowest BCUT2D eigenvalue weighted by Crippen LogP contribution is -2.22. The highest BCUT2D eigenvalue weighted by molar-refractivity contribution is 7.20. The van der Waals surface area contributed by atoms with Gasteiger partial charge in [-0.2, -0.15) is 0 Å². The minimum atomic E-state index is 0.299. The topological polar surface area (TPSA) is 23.5 Å².